The summed E-state index contributed by atoms with van der Waals surface area (Å²) >= 11 is 0. The molecule has 0 amide bonds. The lowest BCUT2D eigenvalue weighted by molar-refractivity contribution is -0.137. The van der Waals surface area contributed by atoms with Crippen LogP contribution in [0.2, 0.25) is 0 Å². The van der Waals surface area contributed by atoms with Crippen molar-refractivity contribution in [1.82, 2.24) is 10.2 Å². The van der Waals surface area contributed by atoms with Gasteiger partial charge in [0.25, 0.3) is 0 Å². The van der Waals surface area contributed by atoms with Gasteiger partial charge in [-0.05, 0) is 43.5 Å². The predicted molar refractivity (Wildman–Crippen MR) is 137 cm³/mol. The van der Waals surface area contributed by atoms with Crippen molar-refractivity contribution in [3.05, 3.63) is 82.7 Å². The SMILES string of the molecule is C\N=C(/N=C1/N=C(c2cccc(C)c2)N(Cc2ccc(C(F)(F)F)cc2)/C1=C\NC1CCCC1)C(=O)O. The molecule has 37 heavy (non-hydrogen) atoms. The summed E-state index contributed by atoms with van der Waals surface area (Å²) in [6.45, 7) is 2.15. The third kappa shape index (κ3) is 6.25. The average molecular weight is 512 g/mol. The second-order valence-corrected chi connectivity index (χ2v) is 9.05. The maximum atomic E-state index is 13.1. The lowest BCUT2D eigenvalue weighted by Gasteiger charge is -2.23. The molecule has 0 spiro atoms. The third-order valence-electron chi connectivity index (χ3n) is 6.31. The molecule has 4 rings (SSSR count). The molecule has 0 bridgehead atoms. The standard InChI is InChI=1S/C27H28F3N5O2/c1-17-6-5-7-19(14-17)25-34-23(33-24(31-2)26(36)37)22(15-32-21-8-3-4-9-21)35(25)16-18-10-12-20(13-11-18)27(28,29)30/h5-7,10-15,21,32H,3-4,8-9,16H2,1-2H3,(H,36,37)/b22-15-,31-24-,33-23+. The summed E-state index contributed by atoms with van der Waals surface area (Å²) in [7, 11) is 1.34. The minimum Gasteiger partial charge on any atom is -0.475 e. The molecule has 2 aliphatic rings. The van der Waals surface area contributed by atoms with Crippen LogP contribution in [-0.4, -0.2) is 46.6 Å². The molecule has 2 N–H and O–H groups in total. The number of amidine groups is 3. The summed E-state index contributed by atoms with van der Waals surface area (Å²) in [5.74, 6) is -1.00. The minimum atomic E-state index is -4.43. The molecule has 1 aliphatic carbocycles. The molecule has 1 heterocycles. The van der Waals surface area contributed by atoms with E-state index in [1.165, 1.54) is 19.2 Å². The number of aryl methyl sites for hydroxylation is 1. The molecule has 0 saturated heterocycles. The highest BCUT2D eigenvalue weighted by Crippen LogP contribution is 2.30. The number of aliphatic imine (C=N–C) groups is 3. The number of halogens is 3. The second kappa shape index (κ2) is 11.0. The molecule has 0 aromatic heterocycles. The third-order valence-corrected chi connectivity index (χ3v) is 6.31. The number of carboxylic acid groups (broad SMARTS) is 1. The van der Waals surface area contributed by atoms with Crippen molar-refractivity contribution in [1.29, 1.82) is 0 Å². The van der Waals surface area contributed by atoms with Crippen molar-refractivity contribution >= 4 is 23.5 Å². The van der Waals surface area contributed by atoms with Gasteiger partial charge in [-0.1, -0.05) is 48.7 Å². The van der Waals surface area contributed by atoms with E-state index in [0.29, 0.717) is 17.1 Å². The quantitative estimate of drug-likeness (QED) is 0.429. The molecule has 194 valence electrons. The fraction of sp³-hybridized carbons (Fsp3) is 0.333. The van der Waals surface area contributed by atoms with Crippen LogP contribution in [0.1, 0.15) is 47.9 Å². The van der Waals surface area contributed by atoms with Gasteiger partial charge >= 0.3 is 12.1 Å². The number of aliphatic carboxylic acids is 1. The van der Waals surface area contributed by atoms with Gasteiger partial charge in [-0.15, -0.1) is 0 Å². The lowest BCUT2D eigenvalue weighted by atomic mass is 10.1. The Kier molecular flexibility index (Phi) is 7.75. The molecule has 2 aromatic carbocycles. The van der Waals surface area contributed by atoms with Crippen molar-refractivity contribution in [2.24, 2.45) is 15.0 Å². The van der Waals surface area contributed by atoms with Crippen LogP contribution in [0.15, 0.2) is 75.4 Å². The van der Waals surface area contributed by atoms with Gasteiger partial charge in [0.05, 0.1) is 5.56 Å². The van der Waals surface area contributed by atoms with E-state index in [1.54, 1.807) is 6.20 Å². The van der Waals surface area contributed by atoms with Gasteiger partial charge < -0.3 is 15.3 Å². The first-order valence-electron chi connectivity index (χ1n) is 12.0. The summed E-state index contributed by atoms with van der Waals surface area (Å²) in [4.78, 5) is 26.2. The number of benzene rings is 2. The van der Waals surface area contributed by atoms with Gasteiger partial charge in [0.15, 0.2) is 5.84 Å². The van der Waals surface area contributed by atoms with E-state index in [-0.39, 0.29) is 18.4 Å². The fourth-order valence-corrected chi connectivity index (χ4v) is 4.41. The maximum absolute atomic E-state index is 13.1. The Morgan fingerprint density at radius 2 is 1.89 bits per heavy atom. The molecule has 2 aromatic rings. The summed E-state index contributed by atoms with van der Waals surface area (Å²) in [6, 6.07) is 12.9. The Hall–Kier alpha value is -3.95. The van der Waals surface area contributed by atoms with Gasteiger partial charge in [-0.25, -0.2) is 14.8 Å². The number of nitrogens with one attached hydrogen (secondary N) is 1. The summed E-state index contributed by atoms with van der Waals surface area (Å²) in [5.41, 5.74) is 2.19. The Bertz CT molecular complexity index is 1270. The average Bonchev–Trinajstić information content (AvgIpc) is 3.49. The van der Waals surface area contributed by atoms with Crippen LogP contribution in [0.5, 0.6) is 0 Å². The normalized spacial score (nSPS) is 19.1. The Labute approximate surface area is 213 Å². The lowest BCUT2D eigenvalue weighted by Crippen LogP contribution is -2.30. The molecule has 0 atom stereocenters. The maximum Gasteiger partial charge on any atom is 0.416 e. The van der Waals surface area contributed by atoms with Gasteiger partial charge in [0.1, 0.15) is 11.5 Å². The van der Waals surface area contributed by atoms with Crippen LogP contribution >= 0.6 is 0 Å². The molecular formula is C27H28F3N5O2. The van der Waals surface area contributed by atoms with Gasteiger partial charge in [0.2, 0.25) is 5.84 Å². The minimum absolute atomic E-state index is 0.164. The first-order valence-corrected chi connectivity index (χ1v) is 12.0. The summed E-state index contributed by atoms with van der Waals surface area (Å²) < 4.78 is 39.3. The molecular weight excluding hydrogens is 483 g/mol. The van der Waals surface area contributed by atoms with E-state index in [1.807, 2.05) is 36.1 Å². The van der Waals surface area contributed by atoms with Crippen molar-refractivity contribution in [3.8, 4) is 0 Å². The van der Waals surface area contributed by atoms with E-state index in [2.05, 4.69) is 15.3 Å². The Balaban J connectivity index is 1.79. The van der Waals surface area contributed by atoms with Crippen molar-refractivity contribution in [2.45, 2.75) is 51.4 Å². The second-order valence-electron chi connectivity index (χ2n) is 9.05. The molecule has 1 saturated carbocycles. The van der Waals surface area contributed by atoms with E-state index in [9.17, 15) is 23.1 Å². The van der Waals surface area contributed by atoms with Crippen LogP contribution < -0.4 is 5.32 Å². The van der Waals surface area contributed by atoms with Crippen LogP contribution in [0.25, 0.3) is 0 Å². The highest BCUT2D eigenvalue weighted by Gasteiger charge is 2.32. The van der Waals surface area contributed by atoms with Crippen LogP contribution in [0.4, 0.5) is 13.2 Å². The van der Waals surface area contributed by atoms with Crippen LogP contribution in [-0.2, 0) is 17.5 Å². The summed E-state index contributed by atoms with van der Waals surface area (Å²) in [6.07, 6.45) is 1.61. The van der Waals surface area contributed by atoms with Crippen molar-refractivity contribution in [2.75, 3.05) is 7.05 Å². The van der Waals surface area contributed by atoms with Gasteiger partial charge in [-0.2, -0.15) is 13.2 Å². The molecule has 0 radical (unpaired) electrons. The zero-order valence-electron chi connectivity index (χ0n) is 20.6. The van der Waals surface area contributed by atoms with E-state index >= 15 is 0 Å². The number of hydrogen-bond donors (Lipinski definition) is 2. The zero-order chi connectivity index (χ0) is 26.6. The monoisotopic (exact) mass is 511 g/mol. The van der Waals surface area contributed by atoms with Gasteiger partial charge in [0, 0.05) is 31.4 Å². The number of alkyl halides is 3. The van der Waals surface area contributed by atoms with E-state index in [0.717, 1.165) is 48.9 Å². The molecule has 1 aliphatic heterocycles. The molecule has 10 heteroatoms. The van der Waals surface area contributed by atoms with Crippen molar-refractivity contribution in [3.63, 3.8) is 0 Å². The number of carbonyl (C=O) groups is 1. The number of hydrogen-bond acceptors (Lipinski definition) is 4. The smallest absolute Gasteiger partial charge is 0.416 e. The highest BCUT2D eigenvalue weighted by molar-refractivity contribution is 6.38. The number of rotatable bonds is 5. The number of nitrogens with zero attached hydrogens (tertiary/aromatic N) is 4. The van der Waals surface area contributed by atoms with E-state index < -0.39 is 23.5 Å². The summed E-state index contributed by atoms with van der Waals surface area (Å²) in [5, 5.41) is 12.9. The Morgan fingerprint density at radius 1 is 1.19 bits per heavy atom. The first kappa shape index (κ1) is 26.1. The van der Waals surface area contributed by atoms with Crippen molar-refractivity contribution < 1.29 is 23.1 Å². The molecule has 7 nitrogen and oxygen atoms in total. The Morgan fingerprint density at radius 3 is 2.49 bits per heavy atom. The largest absolute Gasteiger partial charge is 0.475 e. The zero-order valence-corrected chi connectivity index (χ0v) is 20.6. The fourth-order valence-electron chi connectivity index (χ4n) is 4.41. The van der Waals surface area contributed by atoms with Gasteiger partial charge in [-0.3, -0.25) is 4.99 Å². The molecule has 1 fully saturated rings. The van der Waals surface area contributed by atoms with E-state index in [4.69, 9.17) is 4.99 Å². The number of carboxylic acids is 1. The topological polar surface area (TPSA) is 89.7 Å². The van der Waals surface area contributed by atoms with Crippen LogP contribution in [0.3, 0.4) is 0 Å². The predicted octanol–water partition coefficient (Wildman–Crippen LogP) is 5.16. The van der Waals surface area contributed by atoms with Crippen LogP contribution in [0, 0.1) is 6.92 Å². The first-order chi connectivity index (χ1) is 17.7. The molecule has 0 unspecified atom stereocenters. The highest BCUT2D eigenvalue weighted by atomic mass is 19.4.